The summed E-state index contributed by atoms with van der Waals surface area (Å²) in [5.74, 6) is 0. The van der Waals surface area contributed by atoms with Crippen molar-refractivity contribution < 1.29 is 4.39 Å². The molecule has 0 aromatic carbocycles. The lowest BCUT2D eigenvalue weighted by molar-refractivity contribution is 0.232. The van der Waals surface area contributed by atoms with Crippen molar-refractivity contribution in [3.63, 3.8) is 0 Å². The third-order valence-corrected chi connectivity index (χ3v) is 2.89. The maximum Gasteiger partial charge on any atom is 0.0785 e. The van der Waals surface area contributed by atoms with Crippen molar-refractivity contribution in [3.8, 4) is 0 Å². The molecule has 0 amide bonds. The van der Waals surface area contributed by atoms with Crippen molar-refractivity contribution in [1.82, 2.24) is 4.90 Å². The first kappa shape index (κ1) is 10.6. The number of alkyl halides is 1. The van der Waals surface area contributed by atoms with Crippen LogP contribution >= 0.6 is 0 Å². The summed E-state index contributed by atoms with van der Waals surface area (Å²) in [5.41, 5.74) is 0. The standard InChI is InChI=1S/C10H17N.CH3F/c1-2-6-10(7-3-1)11-8-4-5-9-11;1-2/h4,8,10H,1-3,5-7,9H2;1H3. The van der Waals surface area contributed by atoms with Crippen LogP contribution in [0.5, 0.6) is 0 Å². The summed E-state index contributed by atoms with van der Waals surface area (Å²) in [5, 5.41) is 0. The number of hydrogen-bond acceptors (Lipinski definition) is 1. The molecule has 0 atom stereocenters. The first-order valence-corrected chi connectivity index (χ1v) is 5.27. The monoisotopic (exact) mass is 185 g/mol. The molecule has 1 nitrogen and oxygen atoms in total. The average Bonchev–Trinajstić information content (AvgIpc) is 2.75. The number of hydrogen-bond donors (Lipinski definition) is 0. The highest BCUT2D eigenvalue weighted by Crippen LogP contribution is 2.24. The molecule has 13 heavy (non-hydrogen) atoms. The van der Waals surface area contributed by atoms with Crippen LogP contribution in [0.25, 0.3) is 0 Å². The third-order valence-electron chi connectivity index (χ3n) is 2.89. The second kappa shape index (κ2) is 6.01. The Morgan fingerprint density at radius 1 is 1.15 bits per heavy atom. The first-order valence-electron chi connectivity index (χ1n) is 5.27. The van der Waals surface area contributed by atoms with Crippen molar-refractivity contribution in [2.45, 2.75) is 44.6 Å². The quantitative estimate of drug-likeness (QED) is 0.606. The Labute approximate surface area is 80.6 Å². The normalized spacial score (nSPS) is 22.8. The predicted molar refractivity (Wildman–Crippen MR) is 54.4 cm³/mol. The fourth-order valence-corrected chi connectivity index (χ4v) is 2.23. The van der Waals surface area contributed by atoms with Crippen LogP contribution in [0, 0.1) is 0 Å². The summed E-state index contributed by atoms with van der Waals surface area (Å²) in [6.45, 7) is 1.28. The fraction of sp³-hybridized carbons (Fsp3) is 0.818. The molecular weight excluding hydrogens is 165 g/mol. The molecule has 76 valence electrons. The topological polar surface area (TPSA) is 3.24 Å². The molecule has 2 heteroatoms. The SMILES string of the molecule is C1=CN(C2CCCCC2)CC1.CF. The molecule has 0 bridgehead atoms. The Morgan fingerprint density at radius 2 is 1.85 bits per heavy atom. The molecule has 0 N–H and O–H groups in total. The van der Waals surface area contributed by atoms with Gasteiger partial charge in [0, 0.05) is 12.6 Å². The summed E-state index contributed by atoms with van der Waals surface area (Å²) >= 11 is 0. The van der Waals surface area contributed by atoms with Gasteiger partial charge in [-0.2, -0.15) is 0 Å². The zero-order valence-corrected chi connectivity index (χ0v) is 8.51. The maximum atomic E-state index is 9.50. The van der Waals surface area contributed by atoms with Gasteiger partial charge in [0.25, 0.3) is 0 Å². The number of rotatable bonds is 1. The molecule has 1 aliphatic carbocycles. The molecule has 1 heterocycles. The van der Waals surface area contributed by atoms with Crippen LogP contribution in [0.15, 0.2) is 12.3 Å². The van der Waals surface area contributed by atoms with E-state index in [2.05, 4.69) is 17.2 Å². The van der Waals surface area contributed by atoms with E-state index in [0.717, 1.165) is 6.04 Å². The predicted octanol–water partition coefficient (Wildman–Crippen LogP) is 3.12. The number of nitrogens with zero attached hydrogens (tertiary/aromatic N) is 1. The summed E-state index contributed by atoms with van der Waals surface area (Å²) in [4.78, 5) is 2.54. The smallest absolute Gasteiger partial charge is 0.0785 e. The molecule has 0 spiro atoms. The van der Waals surface area contributed by atoms with Gasteiger partial charge < -0.3 is 4.90 Å². The summed E-state index contributed by atoms with van der Waals surface area (Å²) < 4.78 is 9.50. The average molecular weight is 185 g/mol. The number of halogens is 1. The van der Waals surface area contributed by atoms with Crippen molar-refractivity contribution in [2.24, 2.45) is 0 Å². The van der Waals surface area contributed by atoms with E-state index in [9.17, 15) is 4.39 Å². The molecule has 1 fully saturated rings. The Bertz CT molecular complexity index is 150. The highest BCUT2D eigenvalue weighted by atomic mass is 19.1. The van der Waals surface area contributed by atoms with Crippen LogP contribution in [-0.2, 0) is 0 Å². The molecular formula is C11H20FN. The molecule has 0 unspecified atom stereocenters. The van der Waals surface area contributed by atoms with Gasteiger partial charge in [0.2, 0.25) is 0 Å². The Hall–Kier alpha value is -0.530. The van der Waals surface area contributed by atoms with Crippen molar-refractivity contribution >= 4 is 0 Å². The zero-order chi connectivity index (χ0) is 9.52. The van der Waals surface area contributed by atoms with Crippen LogP contribution in [0.1, 0.15) is 38.5 Å². The zero-order valence-electron chi connectivity index (χ0n) is 8.51. The van der Waals surface area contributed by atoms with Crippen LogP contribution in [0.3, 0.4) is 0 Å². The van der Waals surface area contributed by atoms with Gasteiger partial charge in [0.05, 0.1) is 7.18 Å². The molecule has 2 aliphatic rings. The minimum atomic E-state index is 0.500. The van der Waals surface area contributed by atoms with Gasteiger partial charge in [-0.25, -0.2) is 0 Å². The van der Waals surface area contributed by atoms with E-state index >= 15 is 0 Å². The third kappa shape index (κ3) is 3.02. The highest BCUT2D eigenvalue weighted by Gasteiger charge is 2.19. The van der Waals surface area contributed by atoms with Gasteiger partial charge in [-0.1, -0.05) is 25.3 Å². The van der Waals surface area contributed by atoms with E-state index in [1.165, 1.54) is 45.1 Å². The summed E-state index contributed by atoms with van der Waals surface area (Å²) in [6.07, 6.45) is 13.1. The molecule has 1 saturated carbocycles. The van der Waals surface area contributed by atoms with Crippen molar-refractivity contribution in [2.75, 3.05) is 13.7 Å². The van der Waals surface area contributed by atoms with Crippen LogP contribution in [0.2, 0.25) is 0 Å². The lowest BCUT2D eigenvalue weighted by Crippen LogP contribution is -2.30. The minimum Gasteiger partial charge on any atom is -0.374 e. The van der Waals surface area contributed by atoms with Crippen LogP contribution < -0.4 is 0 Å². The van der Waals surface area contributed by atoms with Gasteiger partial charge in [-0.15, -0.1) is 0 Å². The largest absolute Gasteiger partial charge is 0.374 e. The van der Waals surface area contributed by atoms with Crippen molar-refractivity contribution in [3.05, 3.63) is 12.3 Å². The molecule has 0 radical (unpaired) electrons. The van der Waals surface area contributed by atoms with Gasteiger partial charge in [0.1, 0.15) is 0 Å². The Balaban J connectivity index is 0.000000396. The van der Waals surface area contributed by atoms with Crippen molar-refractivity contribution in [1.29, 1.82) is 0 Å². The molecule has 0 aromatic rings. The molecule has 1 aliphatic heterocycles. The minimum absolute atomic E-state index is 0.500. The van der Waals surface area contributed by atoms with E-state index < -0.39 is 0 Å². The van der Waals surface area contributed by atoms with Gasteiger partial charge in [-0.05, 0) is 25.5 Å². The van der Waals surface area contributed by atoms with Crippen LogP contribution in [0.4, 0.5) is 4.39 Å². The van der Waals surface area contributed by atoms with Gasteiger partial charge in [-0.3, -0.25) is 4.39 Å². The lowest BCUT2D eigenvalue weighted by atomic mass is 9.95. The Morgan fingerprint density at radius 3 is 2.38 bits per heavy atom. The van der Waals surface area contributed by atoms with E-state index in [4.69, 9.17) is 0 Å². The van der Waals surface area contributed by atoms with E-state index in [1.807, 2.05) is 0 Å². The van der Waals surface area contributed by atoms with Gasteiger partial charge in [0.15, 0.2) is 0 Å². The molecule has 0 aromatic heterocycles. The summed E-state index contributed by atoms with van der Waals surface area (Å²) in [7, 11) is 0.500. The lowest BCUT2D eigenvalue weighted by Gasteiger charge is -2.30. The second-order valence-corrected chi connectivity index (χ2v) is 3.70. The highest BCUT2D eigenvalue weighted by molar-refractivity contribution is 4.94. The fourth-order valence-electron chi connectivity index (χ4n) is 2.23. The molecule has 2 rings (SSSR count). The van der Waals surface area contributed by atoms with E-state index in [1.54, 1.807) is 0 Å². The van der Waals surface area contributed by atoms with Gasteiger partial charge >= 0.3 is 0 Å². The van der Waals surface area contributed by atoms with E-state index in [-0.39, 0.29) is 0 Å². The second-order valence-electron chi connectivity index (χ2n) is 3.70. The first-order chi connectivity index (χ1) is 6.47. The van der Waals surface area contributed by atoms with Crippen LogP contribution in [-0.4, -0.2) is 24.7 Å². The Kier molecular flexibility index (Phi) is 4.87. The van der Waals surface area contributed by atoms with E-state index in [0.29, 0.717) is 7.18 Å². The molecule has 0 saturated heterocycles. The maximum absolute atomic E-state index is 9.50. The summed E-state index contributed by atoms with van der Waals surface area (Å²) in [6, 6.07) is 0.891.